The zero-order chi connectivity index (χ0) is 15.9. The monoisotopic (exact) mass is 307 g/mol. The highest BCUT2D eigenvalue weighted by Gasteiger charge is 2.07. The van der Waals surface area contributed by atoms with Crippen LogP contribution in [0.4, 0.5) is 0 Å². The zero-order valence-electron chi connectivity index (χ0n) is 12.6. The third-order valence-corrected chi connectivity index (χ3v) is 3.40. The van der Waals surface area contributed by atoms with Crippen molar-refractivity contribution in [3.63, 3.8) is 0 Å². The van der Waals surface area contributed by atoms with Crippen LogP contribution in [0.15, 0.2) is 59.7 Å². The number of hydrogen-bond acceptors (Lipinski definition) is 4. The maximum Gasteiger partial charge on any atom is 0.261 e. The standard InChI is InChI=1S/C17H17N5O/c23-17(13-22-16-11-5-4-10-15(16)19-21-22)20-18-12-6-9-14-7-2-1-3-8-14/h1-5,7-8,10-12H,6,9,13H2,(H,20,23)/b18-12+. The van der Waals surface area contributed by atoms with Gasteiger partial charge in [-0.25, -0.2) is 10.1 Å². The lowest BCUT2D eigenvalue weighted by atomic mass is 10.1. The molecule has 1 amide bonds. The minimum absolute atomic E-state index is 0.0938. The van der Waals surface area contributed by atoms with Gasteiger partial charge in [0, 0.05) is 6.21 Å². The lowest BCUT2D eigenvalue weighted by molar-refractivity contribution is -0.121. The van der Waals surface area contributed by atoms with E-state index in [-0.39, 0.29) is 12.5 Å². The highest BCUT2D eigenvalue weighted by molar-refractivity contribution is 5.80. The summed E-state index contributed by atoms with van der Waals surface area (Å²) in [5.74, 6) is -0.225. The first kappa shape index (κ1) is 14.9. The number of aromatic nitrogens is 3. The van der Waals surface area contributed by atoms with E-state index >= 15 is 0 Å². The summed E-state index contributed by atoms with van der Waals surface area (Å²) in [5, 5.41) is 11.9. The number of hydrogen-bond donors (Lipinski definition) is 1. The van der Waals surface area contributed by atoms with Crippen molar-refractivity contribution < 1.29 is 4.79 Å². The second kappa shape index (κ2) is 7.31. The SMILES string of the molecule is O=C(Cn1nnc2ccccc21)N/N=C/CCc1ccccc1. The molecule has 6 nitrogen and oxygen atoms in total. The van der Waals surface area contributed by atoms with E-state index in [1.54, 1.807) is 10.9 Å². The molecule has 3 rings (SSSR count). The van der Waals surface area contributed by atoms with Crippen molar-refractivity contribution in [3.05, 3.63) is 60.2 Å². The van der Waals surface area contributed by atoms with Crippen LogP contribution in [0.2, 0.25) is 0 Å². The van der Waals surface area contributed by atoms with E-state index in [9.17, 15) is 4.79 Å². The third kappa shape index (κ3) is 4.00. The lowest BCUT2D eigenvalue weighted by Gasteiger charge is -2.01. The number of fused-ring (bicyclic) bond motifs is 1. The Hall–Kier alpha value is -3.02. The zero-order valence-corrected chi connectivity index (χ0v) is 12.6. The summed E-state index contributed by atoms with van der Waals surface area (Å²) in [6.45, 7) is 0.0938. The minimum Gasteiger partial charge on any atom is -0.271 e. The first-order chi connectivity index (χ1) is 11.3. The van der Waals surface area contributed by atoms with Crippen LogP contribution in [0.5, 0.6) is 0 Å². The molecule has 0 spiro atoms. The maximum atomic E-state index is 11.9. The van der Waals surface area contributed by atoms with Gasteiger partial charge in [0.25, 0.3) is 5.91 Å². The van der Waals surface area contributed by atoms with Crippen molar-refractivity contribution in [2.75, 3.05) is 0 Å². The van der Waals surface area contributed by atoms with Gasteiger partial charge in [0.1, 0.15) is 12.1 Å². The van der Waals surface area contributed by atoms with Crippen LogP contribution in [0.3, 0.4) is 0 Å². The number of amides is 1. The molecule has 1 aromatic heterocycles. The third-order valence-electron chi connectivity index (χ3n) is 3.40. The van der Waals surface area contributed by atoms with Gasteiger partial charge in [-0.1, -0.05) is 47.7 Å². The Morgan fingerprint density at radius 1 is 1.13 bits per heavy atom. The first-order valence-corrected chi connectivity index (χ1v) is 7.45. The number of benzene rings is 2. The molecule has 0 aliphatic carbocycles. The fourth-order valence-corrected chi connectivity index (χ4v) is 2.26. The average Bonchev–Trinajstić information content (AvgIpc) is 2.99. The predicted octanol–water partition coefficient (Wildman–Crippen LogP) is 2.17. The Balaban J connectivity index is 1.47. The number of aryl methyl sites for hydroxylation is 1. The summed E-state index contributed by atoms with van der Waals surface area (Å²) in [4.78, 5) is 11.9. The second-order valence-electron chi connectivity index (χ2n) is 5.11. The smallest absolute Gasteiger partial charge is 0.261 e. The molecule has 1 heterocycles. The van der Waals surface area contributed by atoms with Gasteiger partial charge in [-0.3, -0.25) is 4.79 Å². The van der Waals surface area contributed by atoms with Crippen LogP contribution in [-0.2, 0) is 17.8 Å². The predicted molar refractivity (Wildman–Crippen MR) is 88.9 cm³/mol. The Bertz CT molecular complexity index is 810. The van der Waals surface area contributed by atoms with E-state index in [2.05, 4.69) is 33.0 Å². The van der Waals surface area contributed by atoms with Gasteiger partial charge in [-0.2, -0.15) is 5.10 Å². The topological polar surface area (TPSA) is 72.2 Å². The highest BCUT2D eigenvalue weighted by atomic mass is 16.2. The van der Waals surface area contributed by atoms with E-state index in [0.717, 1.165) is 23.9 Å². The molecule has 0 aliphatic rings. The summed E-state index contributed by atoms with van der Waals surface area (Å²) in [7, 11) is 0. The van der Waals surface area contributed by atoms with Crippen molar-refractivity contribution in [3.8, 4) is 0 Å². The van der Waals surface area contributed by atoms with E-state index in [1.165, 1.54) is 5.56 Å². The van der Waals surface area contributed by atoms with Crippen molar-refractivity contribution in [2.24, 2.45) is 5.10 Å². The summed E-state index contributed by atoms with van der Waals surface area (Å²) in [6.07, 6.45) is 3.38. The van der Waals surface area contributed by atoms with Crippen LogP contribution in [-0.4, -0.2) is 27.1 Å². The molecule has 6 heteroatoms. The van der Waals surface area contributed by atoms with Gasteiger partial charge in [-0.15, -0.1) is 5.10 Å². The summed E-state index contributed by atoms with van der Waals surface area (Å²) in [5.41, 5.74) is 5.36. The van der Waals surface area contributed by atoms with Gasteiger partial charge >= 0.3 is 0 Å². The summed E-state index contributed by atoms with van der Waals surface area (Å²) < 4.78 is 1.56. The molecule has 1 N–H and O–H groups in total. The van der Waals surface area contributed by atoms with E-state index in [4.69, 9.17) is 0 Å². The fourth-order valence-electron chi connectivity index (χ4n) is 2.26. The van der Waals surface area contributed by atoms with Gasteiger partial charge in [0.2, 0.25) is 0 Å². The normalized spacial score (nSPS) is 11.1. The fraction of sp³-hybridized carbons (Fsp3) is 0.176. The van der Waals surface area contributed by atoms with E-state index in [1.807, 2.05) is 42.5 Å². The van der Waals surface area contributed by atoms with E-state index < -0.39 is 0 Å². The summed E-state index contributed by atoms with van der Waals surface area (Å²) >= 11 is 0. The lowest BCUT2D eigenvalue weighted by Crippen LogP contribution is -2.23. The van der Waals surface area contributed by atoms with Crippen LogP contribution in [0.1, 0.15) is 12.0 Å². The molecular weight excluding hydrogens is 290 g/mol. The molecule has 23 heavy (non-hydrogen) atoms. The van der Waals surface area contributed by atoms with Crippen molar-refractivity contribution in [2.45, 2.75) is 19.4 Å². The molecule has 3 aromatic rings. The molecule has 0 aliphatic heterocycles. The molecular formula is C17H17N5O. The molecule has 0 saturated heterocycles. The maximum absolute atomic E-state index is 11.9. The van der Waals surface area contributed by atoms with Gasteiger partial charge < -0.3 is 0 Å². The van der Waals surface area contributed by atoms with Crippen molar-refractivity contribution in [1.82, 2.24) is 20.4 Å². The quantitative estimate of drug-likeness (QED) is 0.560. The average molecular weight is 307 g/mol. The number of hydrazone groups is 1. The van der Waals surface area contributed by atoms with Crippen LogP contribution < -0.4 is 5.43 Å². The number of para-hydroxylation sites is 1. The van der Waals surface area contributed by atoms with Gasteiger partial charge in [-0.05, 0) is 30.5 Å². The Morgan fingerprint density at radius 2 is 1.91 bits per heavy atom. The van der Waals surface area contributed by atoms with E-state index in [0.29, 0.717) is 0 Å². The Kier molecular flexibility index (Phi) is 4.73. The van der Waals surface area contributed by atoms with Crippen LogP contribution >= 0.6 is 0 Å². The number of nitrogens with zero attached hydrogens (tertiary/aromatic N) is 4. The minimum atomic E-state index is -0.225. The molecule has 0 bridgehead atoms. The molecule has 2 aromatic carbocycles. The largest absolute Gasteiger partial charge is 0.271 e. The molecule has 0 fully saturated rings. The molecule has 0 radical (unpaired) electrons. The number of rotatable bonds is 6. The molecule has 0 unspecified atom stereocenters. The Morgan fingerprint density at radius 3 is 2.78 bits per heavy atom. The number of carbonyl (C=O) groups excluding carboxylic acids is 1. The van der Waals surface area contributed by atoms with Crippen LogP contribution in [0.25, 0.3) is 11.0 Å². The van der Waals surface area contributed by atoms with Gasteiger partial charge in [0.05, 0.1) is 5.52 Å². The first-order valence-electron chi connectivity index (χ1n) is 7.45. The second-order valence-corrected chi connectivity index (χ2v) is 5.11. The Labute approximate surface area is 133 Å². The van der Waals surface area contributed by atoms with Crippen molar-refractivity contribution >= 4 is 23.2 Å². The molecule has 116 valence electrons. The number of carbonyl (C=O) groups is 1. The van der Waals surface area contributed by atoms with Gasteiger partial charge in [0.15, 0.2) is 0 Å². The molecule has 0 atom stereocenters. The van der Waals surface area contributed by atoms with Crippen LogP contribution in [0, 0.1) is 0 Å². The molecule has 0 saturated carbocycles. The summed E-state index contributed by atoms with van der Waals surface area (Å²) in [6, 6.07) is 17.7. The number of nitrogens with one attached hydrogen (secondary N) is 1. The van der Waals surface area contributed by atoms with Crippen molar-refractivity contribution in [1.29, 1.82) is 0 Å². The highest BCUT2D eigenvalue weighted by Crippen LogP contribution is 2.09.